The van der Waals surface area contributed by atoms with Crippen LogP contribution in [-0.2, 0) is 0 Å². The van der Waals surface area contributed by atoms with E-state index in [0.29, 0.717) is 24.7 Å². The molecule has 0 bridgehead atoms. The molecule has 2 aromatic carbocycles. The highest BCUT2D eigenvalue weighted by molar-refractivity contribution is 5.46. The van der Waals surface area contributed by atoms with Gasteiger partial charge >= 0.3 is 0 Å². The normalized spacial score (nSPS) is 12.0. The molecule has 3 heteroatoms. The highest BCUT2D eigenvalue weighted by atomic mass is 16.5. The van der Waals surface area contributed by atoms with Crippen LogP contribution in [0.2, 0.25) is 0 Å². The zero-order valence-electron chi connectivity index (χ0n) is 12.8. The number of benzene rings is 2. The smallest absolute Gasteiger partial charge is 0.125 e. The van der Waals surface area contributed by atoms with Gasteiger partial charge in [0.05, 0.1) is 13.2 Å². The molecular formula is C18H22O3. The standard InChI is InChI=1S/C18H22O3/c1-4-20-16-9-7-6-8-14(16)18(19)15-12-13(3)10-11-17(15)21-5-2/h6-12,18-19H,4-5H2,1-3H3. The summed E-state index contributed by atoms with van der Waals surface area (Å²) in [5.41, 5.74) is 2.61. The molecule has 112 valence electrons. The summed E-state index contributed by atoms with van der Waals surface area (Å²) in [4.78, 5) is 0. The Balaban J connectivity index is 2.44. The molecule has 1 unspecified atom stereocenters. The fraction of sp³-hybridized carbons (Fsp3) is 0.333. The number of hydrogen-bond donors (Lipinski definition) is 1. The molecule has 2 aromatic rings. The van der Waals surface area contributed by atoms with Crippen LogP contribution in [0.25, 0.3) is 0 Å². The second kappa shape index (κ2) is 7.14. The lowest BCUT2D eigenvalue weighted by atomic mass is 9.98. The number of aliphatic hydroxyl groups excluding tert-OH is 1. The molecule has 0 aromatic heterocycles. The first-order chi connectivity index (χ1) is 10.2. The number of hydrogen-bond acceptors (Lipinski definition) is 3. The second-order valence-electron chi connectivity index (χ2n) is 4.85. The van der Waals surface area contributed by atoms with Gasteiger partial charge in [-0.3, -0.25) is 0 Å². The number of para-hydroxylation sites is 1. The lowest BCUT2D eigenvalue weighted by Crippen LogP contribution is -2.07. The molecule has 1 N–H and O–H groups in total. The average Bonchev–Trinajstić information content (AvgIpc) is 2.49. The predicted molar refractivity (Wildman–Crippen MR) is 84.0 cm³/mol. The van der Waals surface area contributed by atoms with E-state index in [-0.39, 0.29) is 0 Å². The first-order valence-electron chi connectivity index (χ1n) is 7.30. The van der Waals surface area contributed by atoms with Crippen LogP contribution >= 0.6 is 0 Å². The minimum Gasteiger partial charge on any atom is -0.493 e. The molecule has 0 aliphatic carbocycles. The molecule has 0 amide bonds. The van der Waals surface area contributed by atoms with E-state index in [1.165, 1.54) is 0 Å². The SMILES string of the molecule is CCOc1ccccc1C(O)c1cc(C)ccc1OCC. The van der Waals surface area contributed by atoms with E-state index >= 15 is 0 Å². The molecule has 0 saturated heterocycles. The van der Waals surface area contributed by atoms with Gasteiger partial charge in [0.25, 0.3) is 0 Å². The van der Waals surface area contributed by atoms with Gasteiger partial charge < -0.3 is 14.6 Å². The third-order valence-corrected chi connectivity index (χ3v) is 3.27. The lowest BCUT2D eigenvalue weighted by molar-refractivity contribution is 0.204. The molecule has 3 nitrogen and oxygen atoms in total. The molecule has 0 aliphatic rings. The quantitative estimate of drug-likeness (QED) is 0.876. The van der Waals surface area contributed by atoms with E-state index in [1.807, 2.05) is 63.2 Å². The van der Waals surface area contributed by atoms with Gasteiger partial charge in [-0.05, 0) is 39.0 Å². The van der Waals surface area contributed by atoms with Crippen LogP contribution in [0.1, 0.15) is 36.6 Å². The number of rotatable bonds is 6. The molecule has 2 rings (SSSR count). The van der Waals surface area contributed by atoms with Crippen LogP contribution in [0.3, 0.4) is 0 Å². The van der Waals surface area contributed by atoms with E-state index < -0.39 is 6.10 Å². The van der Waals surface area contributed by atoms with E-state index in [0.717, 1.165) is 16.7 Å². The van der Waals surface area contributed by atoms with Gasteiger partial charge in [0.15, 0.2) is 0 Å². The Labute approximate surface area is 126 Å². The summed E-state index contributed by atoms with van der Waals surface area (Å²) in [6.45, 7) is 7.00. The first-order valence-corrected chi connectivity index (χ1v) is 7.30. The number of ether oxygens (including phenoxy) is 2. The average molecular weight is 286 g/mol. The Kier molecular flexibility index (Phi) is 5.23. The summed E-state index contributed by atoms with van der Waals surface area (Å²) < 4.78 is 11.2. The largest absolute Gasteiger partial charge is 0.493 e. The van der Waals surface area contributed by atoms with Crippen LogP contribution in [0.4, 0.5) is 0 Å². The van der Waals surface area contributed by atoms with Crippen molar-refractivity contribution in [1.29, 1.82) is 0 Å². The highest BCUT2D eigenvalue weighted by Crippen LogP contribution is 2.35. The van der Waals surface area contributed by atoms with E-state index in [9.17, 15) is 5.11 Å². The van der Waals surface area contributed by atoms with Crippen molar-refractivity contribution < 1.29 is 14.6 Å². The topological polar surface area (TPSA) is 38.7 Å². The first kappa shape index (κ1) is 15.4. The van der Waals surface area contributed by atoms with Crippen molar-refractivity contribution in [2.45, 2.75) is 26.9 Å². The lowest BCUT2D eigenvalue weighted by Gasteiger charge is -2.19. The van der Waals surface area contributed by atoms with Crippen molar-refractivity contribution in [3.05, 3.63) is 59.2 Å². The number of aliphatic hydroxyl groups is 1. The van der Waals surface area contributed by atoms with Crippen molar-refractivity contribution in [3.8, 4) is 11.5 Å². The third kappa shape index (κ3) is 3.56. The van der Waals surface area contributed by atoms with E-state index in [2.05, 4.69) is 0 Å². The molecule has 0 spiro atoms. The molecule has 21 heavy (non-hydrogen) atoms. The fourth-order valence-corrected chi connectivity index (χ4v) is 2.33. The Hall–Kier alpha value is -2.00. The maximum Gasteiger partial charge on any atom is 0.125 e. The zero-order chi connectivity index (χ0) is 15.2. The Morgan fingerprint density at radius 2 is 1.52 bits per heavy atom. The molecular weight excluding hydrogens is 264 g/mol. The van der Waals surface area contributed by atoms with E-state index in [1.54, 1.807) is 0 Å². The van der Waals surface area contributed by atoms with Crippen molar-refractivity contribution in [3.63, 3.8) is 0 Å². The van der Waals surface area contributed by atoms with Gasteiger partial charge in [-0.25, -0.2) is 0 Å². The minimum atomic E-state index is -0.769. The van der Waals surface area contributed by atoms with E-state index in [4.69, 9.17) is 9.47 Å². The summed E-state index contributed by atoms with van der Waals surface area (Å²) >= 11 is 0. The summed E-state index contributed by atoms with van der Waals surface area (Å²) in [5.74, 6) is 1.42. The van der Waals surface area contributed by atoms with Crippen LogP contribution in [-0.4, -0.2) is 18.3 Å². The Bertz CT molecular complexity index is 593. The molecule has 0 radical (unpaired) electrons. The zero-order valence-corrected chi connectivity index (χ0v) is 12.8. The number of aryl methyl sites for hydroxylation is 1. The highest BCUT2D eigenvalue weighted by Gasteiger charge is 2.19. The predicted octanol–water partition coefficient (Wildman–Crippen LogP) is 3.87. The van der Waals surface area contributed by atoms with Gasteiger partial charge in [-0.15, -0.1) is 0 Å². The van der Waals surface area contributed by atoms with Gasteiger partial charge in [-0.1, -0.05) is 29.8 Å². The fourth-order valence-electron chi connectivity index (χ4n) is 2.33. The molecule has 0 heterocycles. The minimum absolute atomic E-state index is 0.565. The monoisotopic (exact) mass is 286 g/mol. The molecule has 0 fully saturated rings. The van der Waals surface area contributed by atoms with Crippen molar-refractivity contribution in [2.75, 3.05) is 13.2 Å². The summed E-state index contributed by atoms with van der Waals surface area (Å²) in [6.07, 6.45) is -0.769. The third-order valence-electron chi connectivity index (χ3n) is 3.27. The molecule has 1 atom stereocenters. The van der Waals surface area contributed by atoms with Crippen molar-refractivity contribution in [1.82, 2.24) is 0 Å². The van der Waals surface area contributed by atoms with Crippen LogP contribution in [0, 0.1) is 6.92 Å². The maximum atomic E-state index is 10.8. The summed E-state index contributed by atoms with van der Waals surface area (Å²) in [7, 11) is 0. The Morgan fingerprint density at radius 3 is 2.19 bits per heavy atom. The van der Waals surface area contributed by atoms with Gasteiger partial charge in [0, 0.05) is 11.1 Å². The Morgan fingerprint density at radius 1 is 0.905 bits per heavy atom. The molecule has 0 saturated carbocycles. The summed E-state index contributed by atoms with van der Waals surface area (Å²) in [5, 5.41) is 10.8. The van der Waals surface area contributed by atoms with Crippen LogP contribution in [0.5, 0.6) is 11.5 Å². The summed E-state index contributed by atoms with van der Waals surface area (Å²) in [6, 6.07) is 13.4. The van der Waals surface area contributed by atoms with Gasteiger partial charge in [-0.2, -0.15) is 0 Å². The molecule has 0 aliphatic heterocycles. The van der Waals surface area contributed by atoms with Crippen LogP contribution < -0.4 is 9.47 Å². The maximum absolute atomic E-state index is 10.8. The van der Waals surface area contributed by atoms with Gasteiger partial charge in [0.1, 0.15) is 17.6 Å². The second-order valence-corrected chi connectivity index (χ2v) is 4.85. The van der Waals surface area contributed by atoms with Crippen molar-refractivity contribution >= 4 is 0 Å². The van der Waals surface area contributed by atoms with Crippen LogP contribution in [0.15, 0.2) is 42.5 Å². The van der Waals surface area contributed by atoms with Gasteiger partial charge in [0.2, 0.25) is 0 Å². The van der Waals surface area contributed by atoms with Crippen molar-refractivity contribution in [2.24, 2.45) is 0 Å².